The first kappa shape index (κ1) is 48.0. The zero-order valence-corrected chi connectivity index (χ0v) is 31.7. The summed E-state index contributed by atoms with van der Waals surface area (Å²) in [7, 11) is 3.87. The zero-order chi connectivity index (χ0) is 40.4. The van der Waals surface area contributed by atoms with Gasteiger partial charge in [-0.3, -0.25) is 9.69 Å². The van der Waals surface area contributed by atoms with Crippen molar-refractivity contribution < 1.29 is 47.9 Å². The monoisotopic (exact) mass is 783 g/mol. The molecule has 0 radical (unpaired) electrons. The van der Waals surface area contributed by atoms with Crippen LogP contribution in [0.2, 0.25) is 0 Å². The largest absolute Gasteiger partial charge is 0.476 e. The van der Waals surface area contributed by atoms with E-state index in [-0.39, 0.29) is 17.9 Å². The predicted molar refractivity (Wildman–Crippen MR) is 193 cm³/mol. The van der Waals surface area contributed by atoms with Crippen LogP contribution >= 0.6 is 0 Å². The number of carboxylic acid groups (broad SMARTS) is 1. The number of carboxylic acids is 1. The molecule has 2 rings (SSSR count). The number of hydrogen-bond donors (Lipinski definition) is 2. The number of nitrogens with one attached hydrogen (secondary N) is 1. The normalized spacial score (nSPS) is 10.6. The molecule has 0 spiro atoms. The molecule has 3 amide bonds. The number of imide groups is 1. The van der Waals surface area contributed by atoms with Crippen molar-refractivity contribution in [2.45, 2.75) is 26.4 Å². The van der Waals surface area contributed by atoms with Gasteiger partial charge in [-0.15, -0.1) is 10.2 Å². The van der Waals surface area contributed by atoms with E-state index in [1.165, 1.54) is 21.8 Å². The molecule has 0 aliphatic carbocycles. The highest BCUT2D eigenvalue weighted by molar-refractivity contribution is 6.02. The van der Waals surface area contributed by atoms with Crippen molar-refractivity contribution in [1.29, 1.82) is 0 Å². The summed E-state index contributed by atoms with van der Waals surface area (Å²) < 4.78 is 34.7. The fraction of sp³-hybridized carbons (Fsp3) is 0.767. The van der Waals surface area contributed by atoms with Crippen LogP contribution in [-0.2, 0) is 41.5 Å². The minimum atomic E-state index is -1.11. The van der Waals surface area contributed by atoms with Crippen LogP contribution in [0.5, 0.6) is 0 Å². The van der Waals surface area contributed by atoms with Crippen molar-refractivity contribution >= 4 is 17.9 Å². The summed E-state index contributed by atoms with van der Waals surface area (Å²) in [6, 6.07) is -0.444. The maximum Gasteiger partial charge on any atom is 0.358 e. The summed E-state index contributed by atoms with van der Waals surface area (Å²) in [4.78, 5) is 44.1. The van der Waals surface area contributed by atoms with Crippen molar-refractivity contribution in [1.82, 2.24) is 45.1 Å². The molecule has 2 aromatic heterocycles. The van der Waals surface area contributed by atoms with Crippen molar-refractivity contribution in [2.75, 3.05) is 126 Å². The highest BCUT2D eigenvalue weighted by Gasteiger charge is 2.24. The average Bonchev–Trinajstić information content (AvgIpc) is 3.85. The van der Waals surface area contributed by atoms with Gasteiger partial charge in [-0.1, -0.05) is 20.7 Å². The van der Waals surface area contributed by atoms with E-state index in [4.69, 9.17) is 44.6 Å². The Bertz CT molecular complexity index is 1430. The fourth-order valence-electron chi connectivity index (χ4n) is 3.94. The molecule has 55 heavy (non-hydrogen) atoms. The molecule has 0 bridgehead atoms. The van der Waals surface area contributed by atoms with E-state index in [2.05, 4.69) is 46.0 Å². The minimum absolute atomic E-state index is 0.0937. The van der Waals surface area contributed by atoms with Gasteiger partial charge in [0.2, 0.25) is 0 Å². The molecule has 0 saturated heterocycles. The number of carbonyl (C=O) groups excluding carboxylic acids is 2. The van der Waals surface area contributed by atoms with Crippen LogP contribution in [-0.4, -0.2) is 189 Å². The van der Waals surface area contributed by atoms with Crippen molar-refractivity contribution in [2.24, 2.45) is 10.2 Å². The SMILES string of the molecule is CCNC(=O)N(CCCN(C)C)C(=O)c1cn(CCOCCOCCOCCN=[N+]=[N-])nn1.[N-]=[N+]=NCCOCCOCCOCCn1cc(C(=O)O)nn1. The van der Waals surface area contributed by atoms with Crippen molar-refractivity contribution in [3.63, 3.8) is 0 Å². The van der Waals surface area contributed by atoms with Crippen LogP contribution in [0.3, 0.4) is 0 Å². The number of carbonyl (C=O) groups is 3. The van der Waals surface area contributed by atoms with Gasteiger partial charge < -0.3 is 43.7 Å². The van der Waals surface area contributed by atoms with E-state index in [1.54, 1.807) is 6.92 Å². The van der Waals surface area contributed by atoms with Crippen molar-refractivity contribution in [3.8, 4) is 0 Å². The molecular formula is C30H53N15O10. The third-order valence-corrected chi connectivity index (χ3v) is 6.54. The Labute approximate surface area is 318 Å². The van der Waals surface area contributed by atoms with Gasteiger partial charge >= 0.3 is 12.0 Å². The summed E-state index contributed by atoms with van der Waals surface area (Å²) >= 11 is 0. The standard InChI is InChI=1S/C19H35N9O5.C11H18N6O5/c1-4-21-19(30)28(8-5-7-26(2)3)18(29)17-16-27(25-23-17)9-11-32-13-15-33-14-12-31-10-6-22-24-20;12-15-13-1-3-20-5-7-22-8-6-21-4-2-17-9-10(11(18)19)14-16-17/h16H,4-15H2,1-3H3,(H,21,30);9H,1-8H2,(H,18,19). The highest BCUT2D eigenvalue weighted by atomic mass is 16.5. The quantitative estimate of drug-likeness (QED) is 0.0468. The first-order chi connectivity index (χ1) is 26.7. The lowest BCUT2D eigenvalue weighted by atomic mass is 10.3. The number of nitrogens with zero attached hydrogens (tertiary/aromatic N) is 14. The zero-order valence-electron chi connectivity index (χ0n) is 31.7. The van der Waals surface area contributed by atoms with Crippen LogP contribution in [0.15, 0.2) is 22.6 Å². The summed E-state index contributed by atoms with van der Waals surface area (Å²) in [6.45, 7) is 9.55. The minimum Gasteiger partial charge on any atom is -0.476 e. The topological polar surface area (TPSA) is 304 Å². The van der Waals surface area contributed by atoms with Crippen LogP contribution in [0.25, 0.3) is 20.9 Å². The molecule has 0 atom stereocenters. The lowest BCUT2D eigenvalue weighted by Gasteiger charge is -2.20. The Morgan fingerprint density at radius 1 is 0.727 bits per heavy atom. The summed E-state index contributed by atoms with van der Waals surface area (Å²) in [5.41, 5.74) is 16.2. The van der Waals surface area contributed by atoms with E-state index in [1.807, 2.05) is 19.0 Å². The van der Waals surface area contributed by atoms with E-state index in [9.17, 15) is 14.4 Å². The van der Waals surface area contributed by atoms with Gasteiger partial charge in [-0.2, -0.15) is 0 Å². The van der Waals surface area contributed by atoms with Gasteiger partial charge in [0.1, 0.15) is 0 Å². The molecule has 25 nitrogen and oxygen atoms in total. The maximum absolute atomic E-state index is 12.8. The molecule has 308 valence electrons. The Balaban J connectivity index is 0.000000596. The third kappa shape index (κ3) is 24.9. The second-order valence-electron chi connectivity index (χ2n) is 11.1. The molecule has 0 saturated carbocycles. The van der Waals surface area contributed by atoms with Crippen LogP contribution in [0, 0.1) is 0 Å². The van der Waals surface area contributed by atoms with E-state index in [0.717, 1.165) is 11.4 Å². The van der Waals surface area contributed by atoms with Gasteiger partial charge in [0.15, 0.2) is 11.4 Å². The number of aromatic nitrogens is 6. The van der Waals surface area contributed by atoms with Gasteiger partial charge in [-0.25, -0.2) is 19.0 Å². The summed E-state index contributed by atoms with van der Waals surface area (Å²) in [5, 5.41) is 33.0. The number of urea groups is 1. The maximum atomic E-state index is 12.8. The predicted octanol–water partition coefficient (Wildman–Crippen LogP) is 1.10. The first-order valence-electron chi connectivity index (χ1n) is 17.5. The molecular weight excluding hydrogens is 730 g/mol. The lowest BCUT2D eigenvalue weighted by Crippen LogP contribution is -2.45. The Hall–Kier alpha value is -4.97. The molecule has 2 heterocycles. The number of azide groups is 2. The highest BCUT2D eigenvalue weighted by Crippen LogP contribution is 2.04. The van der Waals surface area contributed by atoms with E-state index in [0.29, 0.717) is 118 Å². The molecule has 0 aliphatic heterocycles. The fourth-order valence-corrected chi connectivity index (χ4v) is 3.94. The second kappa shape index (κ2) is 32.5. The number of rotatable bonds is 31. The molecule has 0 aliphatic rings. The molecule has 2 N–H and O–H groups in total. The molecule has 0 aromatic carbocycles. The van der Waals surface area contributed by atoms with Crippen LogP contribution < -0.4 is 5.32 Å². The van der Waals surface area contributed by atoms with Crippen molar-refractivity contribution in [3.05, 3.63) is 44.7 Å². The number of ether oxygens (including phenoxy) is 6. The Kier molecular flexibility index (Phi) is 28.4. The third-order valence-electron chi connectivity index (χ3n) is 6.54. The average molecular weight is 784 g/mol. The second-order valence-corrected chi connectivity index (χ2v) is 11.1. The van der Waals surface area contributed by atoms with E-state index >= 15 is 0 Å². The Morgan fingerprint density at radius 2 is 1.16 bits per heavy atom. The van der Waals surface area contributed by atoms with Gasteiger partial charge in [-0.05, 0) is 45.0 Å². The van der Waals surface area contributed by atoms with Gasteiger partial charge in [0, 0.05) is 36.0 Å². The first-order valence-corrected chi connectivity index (χ1v) is 17.5. The smallest absolute Gasteiger partial charge is 0.358 e. The number of aromatic carboxylic acids is 1. The Morgan fingerprint density at radius 3 is 1.58 bits per heavy atom. The van der Waals surface area contributed by atoms with Crippen LogP contribution in [0.4, 0.5) is 4.79 Å². The van der Waals surface area contributed by atoms with Crippen LogP contribution in [0.1, 0.15) is 34.3 Å². The van der Waals surface area contributed by atoms with E-state index < -0.39 is 17.9 Å². The number of hydrogen-bond acceptors (Lipinski definition) is 16. The van der Waals surface area contributed by atoms with Gasteiger partial charge in [0.05, 0.1) is 105 Å². The number of amides is 3. The lowest BCUT2D eigenvalue weighted by molar-refractivity contribution is 0.0141. The molecule has 0 fully saturated rings. The van der Waals surface area contributed by atoms with Gasteiger partial charge in [0.25, 0.3) is 5.91 Å². The molecule has 0 unspecified atom stereocenters. The molecule has 25 heteroatoms. The summed E-state index contributed by atoms with van der Waals surface area (Å²) in [5.74, 6) is -1.59. The summed E-state index contributed by atoms with van der Waals surface area (Å²) in [6.07, 6.45) is 3.51. The molecule has 2 aromatic rings.